The molecule has 0 aliphatic carbocycles. The number of carbonyl (C=O) groups is 1. The Hall–Kier alpha value is -2.96. The first kappa shape index (κ1) is 19.4. The van der Waals surface area contributed by atoms with Crippen LogP contribution in [-0.2, 0) is 11.3 Å². The number of benzene rings is 2. The molecule has 1 aliphatic rings. The molecule has 2 N–H and O–H groups in total. The third kappa shape index (κ3) is 4.72. The van der Waals surface area contributed by atoms with Gasteiger partial charge in [-0.3, -0.25) is 4.79 Å². The molecule has 0 unspecified atom stereocenters. The summed E-state index contributed by atoms with van der Waals surface area (Å²) in [6, 6.07) is 11.6. The normalized spacial score (nSPS) is 16.9. The number of aromatic amines is 1. The zero-order valence-corrected chi connectivity index (χ0v) is 16.1. The fourth-order valence-electron chi connectivity index (χ4n) is 3.86. The van der Waals surface area contributed by atoms with Gasteiger partial charge >= 0.3 is 0 Å². The van der Waals surface area contributed by atoms with Crippen molar-refractivity contribution >= 4 is 22.9 Å². The number of hydrogen-bond donors (Lipinski definition) is 2. The van der Waals surface area contributed by atoms with Gasteiger partial charge in [0.2, 0.25) is 11.9 Å². The van der Waals surface area contributed by atoms with Gasteiger partial charge in [-0.05, 0) is 55.0 Å². The van der Waals surface area contributed by atoms with Gasteiger partial charge in [0.1, 0.15) is 0 Å². The van der Waals surface area contributed by atoms with Crippen molar-refractivity contribution in [2.24, 2.45) is 5.92 Å². The second kappa shape index (κ2) is 8.59. The summed E-state index contributed by atoms with van der Waals surface area (Å²) in [6.07, 6.45) is 3.37. The Kier molecular flexibility index (Phi) is 5.74. The monoisotopic (exact) mass is 398 g/mol. The molecule has 0 spiro atoms. The second-order valence-corrected chi connectivity index (χ2v) is 7.60. The van der Waals surface area contributed by atoms with Crippen LogP contribution in [0.3, 0.4) is 0 Å². The van der Waals surface area contributed by atoms with E-state index in [1.807, 2.05) is 24.3 Å². The summed E-state index contributed by atoms with van der Waals surface area (Å²) in [5.41, 5.74) is 2.54. The number of imidazole rings is 1. The Morgan fingerprint density at radius 2 is 2.07 bits per heavy atom. The largest absolute Gasteiger partial charge is 0.352 e. The SMILES string of the molecule is O=C(CC[C@H]1CCCN(c2nc3ccccc3[nH]2)C1)NCc1ccc(F)c(F)c1. The van der Waals surface area contributed by atoms with Crippen molar-refractivity contribution in [3.63, 3.8) is 0 Å². The Morgan fingerprint density at radius 3 is 2.90 bits per heavy atom. The summed E-state index contributed by atoms with van der Waals surface area (Å²) in [5, 5.41) is 2.79. The van der Waals surface area contributed by atoms with Crippen LogP contribution in [0.4, 0.5) is 14.7 Å². The van der Waals surface area contributed by atoms with Gasteiger partial charge in [0.05, 0.1) is 11.0 Å². The summed E-state index contributed by atoms with van der Waals surface area (Å²) < 4.78 is 26.2. The molecule has 4 rings (SSSR count). The van der Waals surface area contributed by atoms with Gasteiger partial charge in [0.25, 0.3) is 0 Å². The highest BCUT2D eigenvalue weighted by molar-refractivity contribution is 5.77. The summed E-state index contributed by atoms with van der Waals surface area (Å²) >= 11 is 0. The maximum Gasteiger partial charge on any atom is 0.220 e. The smallest absolute Gasteiger partial charge is 0.220 e. The molecule has 152 valence electrons. The molecule has 2 aromatic carbocycles. The fraction of sp³-hybridized carbons (Fsp3) is 0.364. The highest BCUT2D eigenvalue weighted by Crippen LogP contribution is 2.25. The molecule has 2 heterocycles. The molecule has 1 aliphatic heterocycles. The van der Waals surface area contributed by atoms with E-state index >= 15 is 0 Å². The van der Waals surface area contributed by atoms with Crippen LogP contribution in [0, 0.1) is 17.6 Å². The molecule has 0 bridgehead atoms. The third-order valence-corrected chi connectivity index (χ3v) is 5.45. The van der Waals surface area contributed by atoms with Crippen molar-refractivity contribution in [2.75, 3.05) is 18.0 Å². The van der Waals surface area contributed by atoms with Crippen molar-refractivity contribution in [1.29, 1.82) is 0 Å². The molecule has 0 saturated carbocycles. The number of H-pyrrole nitrogens is 1. The van der Waals surface area contributed by atoms with Crippen LogP contribution < -0.4 is 10.2 Å². The van der Waals surface area contributed by atoms with E-state index in [0.717, 1.165) is 61.5 Å². The van der Waals surface area contributed by atoms with Crippen LogP contribution in [0.25, 0.3) is 11.0 Å². The van der Waals surface area contributed by atoms with Gasteiger partial charge in [-0.15, -0.1) is 0 Å². The van der Waals surface area contributed by atoms with E-state index in [9.17, 15) is 13.6 Å². The topological polar surface area (TPSA) is 61.0 Å². The van der Waals surface area contributed by atoms with Crippen LogP contribution >= 0.6 is 0 Å². The van der Waals surface area contributed by atoms with Crippen LogP contribution in [0.5, 0.6) is 0 Å². The molecule has 29 heavy (non-hydrogen) atoms. The summed E-state index contributed by atoms with van der Waals surface area (Å²) in [5.74, 6) is -0.545. The van der Waals surface area contributed by atoms with Crippen LogP contribution in [0.15, 0.2) is 42.5 Å². The van der Waals surface area contributed by atoms with E-state index in [1.165, 1.54) is 6.07 Å². The molecule has 0 radical (unpaired) electrons. The number of halogens is 2. The lowest BCUT2D eigenvalue weighted by Crippen LogP contribution is -2.36. The number of aromatic nitrogens is 2. The van der Waals surface area contributed by atoms with Crippen LogP contribution in [0.2, 0.25) is 0 Å². The zero-order chi connectivity index (χ0) is 20.2. The van der Waals surface area contributed by atoms with Gasteiger partial charge in [0.15, 0.2) is 11.6 Å². The first-order valence-corrected chi connectivity index (χ1v) is 9.99. The maximum atomic E-state index is 13.2. The Bertz CT molecular complexity index is 970. The minimum absolute atomic E-state index is 0.0735. The van der Waals surface area contributed by atoms with Crippen LogP contribution in [0.1, 0.15) is 31.2 Å². The second-order valence-electron chi connectivity index (χ2n) is 7.60. The predicted molar refractivity (Wildman–Crippen MR) is 108 cm³/mol. The highest BCUT2D eigenvalue weighted by Gasteiger charge is 2.22. The summed E-state index contributed by atoms with van der Waals surface area (Å²) in [6.45, 7) is 2.03. The molecule has 1 atom stereocenters. The quantitative estimate of drug-likeness (QED) is 0.656. The van der Waals surface area contributed by atoms with Gasteiger partial charge in [-0.2, -0.15) is 0 Å². The highest BCUT2D eigenvalue weighted by atomic mass is 19.2. The van der Waals surface area contributed by atoms with E-state index in [2.05, 4.69) is 20.2 Å². The van der Waals surface area contributed by atoms with Crippen molar-refractivity contribution in [3.8, 4) is 0 Å². The van der Waals surface area contributed by atoms with Crippen molar-refractivity contribution in [2.45, 2.75) is 32.2 Å². The minimum atomic E-state index is -0.898. The Morgan fingerprint density at radius 1 is 1.21 bits per heavy atom. The molecule has 1 saturated heterocycles. The number of amides is 1. The van der Waals surface area contributed by atoms with Gasteiger partial charge in [-0.1, -0.05) is 18.2 Å². The molecule has 7 heteroatoms. The van der Waals surface area contributed by atoms with E-state index < -0.39 is 11.6 Å². The van der Waals surface area contributed by atoms with Gasteiger partial charge in [-0.25, -0.2) is 13.8 Å². The first-order chi connectivity index (χ1) is 14.1. The zero-order valence-electron chi connectivity index (χ0n) is 16.1. The van der Waals surface area contributed by atoms with Gasteiger partial charge < -0.3 is 15.2 Å². The first-order valence-electron chi connectivity index (χ1n) is 9.99. The molecular formula is C22H24F2N4O. The minimum Gasteiger partial charge on any atom is -0.352 e. The predicted octanol–water partition coefficient (Wildman–Crippen LogP) is 4.15. The number of para-hydroxylation sites is 2. The lowest BCUT2D eigenvalue weighted by molar-refractivity contribution is -0.121. The van der Waals surface area contributed by atoms with E-state index in [1.54, 1.807) is 0 Å². The number of nitrogens with zero attached hydrogens (tertiary/aromatic N) is 2. The van der Waals surface area contributed by atoms with E-state index in [0.29, 0.717) is 17.9 Å². The number of piperidine rings is 1. The Balaban J connectivity index is 1.26. The van der Waals surface area contributed by atoms with Crippen molar-refractivity contribution < 1.29 is 13.6 Å². The molecule has 5 nitrogen and oxygen atoms in total. The average molecular weight is 398 g/mol. The number of anilines is 1. The summed E-state index contributed by atoms with van der Waals surface area (Å²) in [4.78, 5) is 22.5. The standard InChI is InChI=1S/C22H24F2N4O/c23-17-9-7-16(12-18(17)24)13-25-21(29)10-8-15-4-3-11-28(14-15)22-26-19-5-1-2-6-20(19)27-22/h1-2,5-7,9,12,15H,3-4,8,10-11,13-14H2,(H,25,29)(H,26,27)/t15-/m1/s1. The maximum absolute atomic E-state index is 13.2. The van der Waals surface area contributed by atoms with E-state index in [4.69, 9.17) is 0 Å². The summed E-state index contributed by atoms with van der Waals surface area (Å²) in [7, 11) is 0. The molecule has 1 amide bonds. The molecule has 1 aromatic heterocycles. The third-order valence-electron chi connectivity index (χ3n) is 5.45. The van der Waals surface area contributed by atoms with E-state index in [-0.39, 0.29) is 12.5 Å². The average Bonchev–Trinajstić information content (AvgIpc) is 3.18. The number of hydrogen-bond acceptors (Lipinski definition) is 3. The van der Waals surface area contributed by atoms with Crippen molar-refractivity contribution in [1.82, 2.24) is 15.3 Å². The molecule has 1 fully saturated rings. The molecule has 3 aromatic rings. The van der Waals surface area contributed by atoms with Crippen molar-refractivity contribution in [3.05, 3.63) is 59.7 Å². The Labute approximate surface area is 168 Å². The fourth-order valence-corrected chi connectivity index (χ4v) is 3.86. The number of fused-ring (bicyclic) bond motifs is 1. The number of nitrogens with one attached hydrogen (secondary N) is 2. The van der Waals surface area contributed by atoms with Gasteiger partial charge in [0, 0.05) is 26.1 Å². The number of rotatable bonds is 6. The van der Waals surface area contributed by atoms with Crippen LogP contribution in [-0.4, -0.2) is 29.0 Å². The lowest BCUT2D eigenvalue weighted by atomic mass is 9.93. The molecular weight excluding hydrogens is 374 g/mol. The lowest BCUT2D eigenvalue weighted by Gasteiger charge is -2.32. The number of carbonyl (C=O) groups excluding carboxylic acids is 1.